The molecule has 2 rings (SSSR count). The number of nitro groups is 1. The average Bonchev–Trinajstić information content (AvgIpc) is 2.47. The van der Waals surface area contributed by atoms with E-state index in [-0.39, 0.29) is 10.6 Å². The maximum atomic E-state index is 11.3. The Morgan fingerprint density at radius 3 is 2.95 bits per heavy atom. The third kappa shape index (κ3) is 4.08. The van der Waals surface area contributed by atoms with Gasteiger partial charge >= 0.3 is 0 Å². The maximum absolute atomic E-state index is 11.3. The van der Waals surface area contributed by atoms with Crippen LogP contribution < -0.4 is 10.2 Å². The van der Waals surface area contributed by atoms with Gasteiger partial charge in [-0.25, -0.2) is 0 Å². The van der Waals surface area contributed by atoms with E-state index in [4.69, 9.17) is 11.6 Å². The quantitative estimate of drug-likeness (QED) is 0.645. The smallest absolute Gasteiger partial charge is 0.294 e. The van der Waals surface area contributed by atoms with E-state index >= 15 is 0 Å². The van der Waals surface area contributed by atoms with E-state index in [9.17, 15) is 10.1 Å². The van der Waals surface area contributed by atoms with Crippen molar-refractivity contribution in [3.05, 3.63) is 33.3 Å². The Hall–Kier alpha value is -1.33. The fraction of sp³-hybridized carbons (Fsp3) is 0.600. The van der Waals surface area contributed by atoms with Gasteiger partial charge in [0.2, 0.25) is 0 Å². The van der Waals surface area contributed by atoms with Crippen molar-refractivity contribution in [2.75, 3.05) is 31.1 Å². The van der Waals surface area contributed by atoms with Crippen molar-refractivity contribution in [3.8, 4) is 0 Å². The van der Waals surface area contributed by atoms with Crippen molar-refractivity contribution in [1.82, 2.24) is 5.32 Å². The Bertz CT molecular complexity index is 490. The Labute approximate surface area is 130 Å². The van der Waals surface area contributed by atoms with Gasteiger partial charge in [-0.15, -0.1) is 0 Å². The van der Waals surface area contributed by atoms with Crippen LogP contribution in [0.25, 0.3) is 0 Å². The summed E-state index contributed by atoms with van der Waals surface area (Å²) >= 11 is 6.26. The summed E-state index contributed by atoms with van der Waals surface area (Å²) in [7, 11) is 0. The first kappa shape index (κ1) is 16.0. The lowest BCUT2D eigenvalue weighted by atomic mass is 9.98. The molecule has 0 radical (unpaired) electrons. The van der Waals surface area contributed by atoms with E-state index in [0.717, 1.165) is 45.4 Å². The molecule has 0 amide bonds. The van der Waals surface area contributed by atoms with Gasteiger partial charge < -0.3 is 10.2 Å². The van der Waals surface area contributed by atoms with Crippen LogP contribution in [0.5, 0.6) is 0 Å². The van der Waals surface area contributed by atoms with Gasteiger partial charge in [-0.1, -0.05) is 24.6 Å². The second-order valence-electron chi connectivity index (χ2n) is 5.52. The molecule has 1 unspecified atom stereocenters. The molecule has 1 atom stereocenters. The third-order valence-corrected chi connectivity index (χ3v) is 4.15. The molecule has 0 aliphatic carbocycles. The number of anilines is 1. The molecule has 1 aromatic carbocycles. The van der Waals surface area contributed by atoms with Crippen LogP contribution in [0.15, 0.2) is 18.2 Å². The zero-order valence-electron chi connectivity index (χ0n) is 12.3. The van der Waals surface area contributed by atoms with E-state index in [1.165, 1.54) is 6.07 Å². The second-order valence-corrected chi connectivity index (χ2v) is 5.93. The van der Waals surface area contributed by atoms with Crippen LogP contribution in [0.3, 0.4) is 0 Å². The Kier molecular flexibility index (Phi) is 5.82. The average molecular weight is 312 g/mol. The monoisotopic (exact) mass is 311 g/mol. The van der Waals surface area contributed by atoms with E-state index in [1.54, 1.807) is 12.1 Å². The number of nitrogens with zero attached hydrogens (tertiary/aromatic N) is 2. The molecule has 1 aliphatic rings. The molecule has 1 heterocycles. The standard InChI is InChI=1S/C15H22ClN3O2/c1-2-9-18(11-12-5-4-8-17-10-12)15-13(16)6-3-7-14(15)19(20)21/h3,6-7,12,17H,2,4-5,8-11H2,1H3. The van der Waals surface area contributed by atoms with Crippen LogP contribution in [0.1, 0.15) is 26.2 Å². The predicted molar refractivity (Wildman–Crippen MR) is 86.2 cm³/mol. The van der Waals surface area contributed by atoms with Crippen molar-refractivity contribution >= 4 is 23.0 Å². The molecule has 1 N–H and O–H groups in total. The molecule has 1 saturated heterocycles. The summed E-state index contributed by atoms with van der Waals surface area (Å²) in [5, 5.41) is 15.1. The van der Waals surface area contributed by atoms with Gasteiger partial charge in [0.15, 0.2) is 0 Å². The topological polar surface area (TPSA) is 58.4 Å². The highest BCUT2D eigenvalue weighted by molar-refractivity contribution is 6.33. The third-order valence-electron chi connectivity index (χ3n) is 3.85. The molecule has 1 fully saturated rings. The minimum atomic E-state index is -0.344. The number of halogens is 1. The lowest BCUT2D eigenvalue weighted by molar-refractivity contribution is -0.384. The molecule has 0 saturated carbocycles. The summed E-state index contributed by atoms with van der Waals surface area (Å²) in [4.78, 5) is 13.0. The van der Waals surface area contributed by atoms with E-state index < -0.39 is 0 Å². The molecule has 6 heteroatoms. The minimum absolute atomic E-state index is 0.0970. The highest BCUT2D eigenvalue weighted by atomic mass is 35.5. The number of hydrogen-bond acceptors (Lipinski definition) is 4. The van der Waals surface area contributed by atoms with Crippen LogP contribution in [-0.4, -0.2) is 31.1 Å². The Morgan fingerprint density at radius 1 is 1.52 bits per heavy atom. The van der Waals surface area contributed by atoms with Gasteiger partial charge in [0.05, 0.1) is 9.95 Å². The Morgan fingerprint density at radius 2 is 2.33 bits per heavy atom. The first-order valence-corrected chi connectivity index (χ1v) is 7.89. The van der Waals surface area contributed by atoms with Gasteiger partial charge in [-0.3, -0.25) is 10.1 Å². The van der Waals surface area contributed by atoms with Crippen LogP contribution in [0, 0.1) is 16.0 Å². The number of benzene rings is 1. The van der Waals surface area contributed by atoms with Crippen molar-refractivity contribution in [2.24, 2.45) is 5.92 Å². The lowest BCUT2D eigenvalue weighted by Crippen LogP contribution is -2.39. The van der Waals surface area contributed by atoms with Gasteiger partial charge in [0.25, 0.3) is 5.69 Å². The van der Waals surface area contributed by atoms with E-state index in [1.807, 2.05) is 0 Å². The second kappa shape index (κ2) is 7.61. The van der Waals surface area contributed by atoms with Crippen LogP contribution >= 0.6 is 11.6 Å². The summed E-state index contributed by atoms with van der Waals surface area (Å²) in [6.07, 6.45) is 3.25. The number of rotatable bonds is 6. The number of nitro benzene ring substituents is 1. The highest BCUT2D eigenvalue weighted by Gasteiger charge is 2.25. The SMILES string of the molecule is CCCN(CC1CCCNC1)c1c(Cl)cccc1[N+](=O)[O-]. The summed E-state index contributed by atoms with van der Waals surface area (Å²) in [5.74, 6) is 0.515. The molecule has 21 heavy (non-hydrogen) atoms. The summed E-state index contributed by atoms with van der Waals surface area (Å²) in [5.41, 5.74) is 0.663. The summed E-state index contributed by atoms with van der Waals surface area (Å²) < 4.78 is 0. The van der Waals surface area contributed by atoms with Crippen LogP contribution in [-0.2, 0) is 0 Å². The normalized spacial score (nSPS) is 18.5. The first-order valence-electron chi connectivity index (χ1n) is 7.52. The minimum Gasteiger partial charge on any atom is -0.364 e. The van der Waals surface area contributed by atoms with Crippen molar-refractivity contribution in [1.29, 1.82) is 0 Å². The summed E-state index contributed by atoms with van der Waals surface area (Å²) in [6.45, 7) is 5.70. The lowest BCUT2D eigenvalue weighted by Gasteiger charge is -2.31. The van der Waals surface area contributed by atoms with Gasteiger partial charge in [-0.2, -0.15) is 0 Å². The molecule has 1 aliphatic heterocycles. The van der Waals surface area contributed by atoms with Crippen molar-refractivity contribution in [2.45, 2.75) is 26.2 Å². The molecular weight excluding hydrogens is 290 g/mol. The van der Waals surface area contributed by atoms with Gasteiger partial charge in [0.1, 0.15) is 5.69 Å². The van der Waals surface area contributed by atoms with Gasteiger partial charge in [-0.05, 0) is 44.3 Å². The van der Waals surface area contributed by atoms with Gasteiger partial charge in [0, 0.05) is 19.2 Å². The van der Waals surface area contributed by atoms with Crippen molar-refractivity contribution < 1.29 is 4.92 Å². The highest BCUT2D eigenvalue weighted by Crippen LogP contribution is 2.36. The van der Waals surface area contributed by atoms with Crippen LogP contribution in [0.2, 0.25) is 5.02 Å². The summed E-state index contributed by atoms with van der Waals surface area (Å²) in [6, 6.07) is 4.89. The molecular formula is C15H22ClN3O2. The Balaban J connectivity index is 2.26. The maximum Gasteiger partial charge on any atom is 0.294 e. The number of piperidine rings is 1. The first-order chi connectivity index (χ1) is 10.1. The zero-order chi connectivity index (χ0) is 15.2. The molecule has 116 valence electrons. The molecule has 5 nitrogen and oxygen atoms in total. The van der Waals surface area contributed by atoms with E-state index in [0.29, 0.717) is 16.6 Å². The fourth-order valence-electron chi connectivity index (χ4n) is 2.92. The number of hydrogen-bond donors (Lipinski definition) is 1. The molecule has 1 aromatic rings. The number of para-hydroxylation sites is 1. The fourth-order valence-corrected chi connectivity index (χ4v) is 3.21. The number of nitrogens with one attached hydrogen (secondary N) is 1. The van der Waals surface area contributed by atoms with Crippen LogP contribution in [0.4, 0.5) is 11.4 Å². The molecule has 0 bridgehead atoms. The molecule has 0 aromatic heterocycles. The van der Waals surface area contributed by atoms with E-state index in [2.05, 4.69) is 17.1 Å². The largest absolute Gasteiger partial charge is 0.364 e. The zero-order valence-corrected chi connectivity index (χ0v) is 13.1. The molecule has 0 spiro atoms. The predicted octanol–water partition coefficient (Wildman–Crippen LogP) is 3.46. The van der Waals surface area contributed by atoms with Crippen molar-refractivity contribution in [3.63, 3.8) is 0 Å².